The Morgan fingerprint density at radius 3 is 2.00 bits per heavy atom. The Morgan fingerprint density at radius 1 is 1.06 bits per heavy atom. The van der Waals surface area contributed by atoms with E-state index >= 15 is 0 Å². The van der Waals surface area contributed by atoms with Crippen molar-refractivity contribution in [1.29, 1.82) is 0 Å². The molecule has 0 aromatic heterocycles. The predicted octanol–water partition coefficient (Wildman–Crippen LogP) is 3.59. The van der Waals surface area contributed by atoms with Crippen LogP contribution in [0.3, 0.4) is 0 Å². The Balaban J connectivity index is 2.51. The fourth-order valence-corrected chi connectivity index (χ4v) is 1.76. The van der Waals surface area contributed by atoms with Gasteiger partial charge in [0.1, 0.15) is 0 Å². The van der Waals surface area contributed by atoms with E-state index in [2.05, 4.69) is 38.1 Å². The molecule has 0 atom stereocenters. The Morgan fingerprint density at radius 2 is 1.56 bits per heavy atom. The van der Waals surface area contributed by atoms with Crippen molar-refractivity contribution in [2.24, 2.45) is 5.92 Å². The first-order valence-corrected chi connectivity index (χ1v) is 6.17. The summed E-state index contributed by atoms with van der Waals surface area (Å²) in [5.41, 5.74) is 2.16. The zero-order chi connectivity index (χ0) is 12.2. The molecule has 1 heteroatoms. The van der Waals surface area contributed by atoms with Crippen LogP contribution in [0.15, 0.2) is 24.3 Å². The number of hydrogen-bond donors (Lipinski definition) is 1. The lowest BCUT2D eigenvalue weighted by Crippen LogP contribution is -2.19. The van der Waals surface area contributed by atoms with E-state index < -0.39 is 5.60 Å². The molecule has 0 heterocycles. The number of aliphatic hydroxyl groups is 1. The fourth-order valence-electron chi connectivity index (χ4n) is 1.76. The Kier molecular flexibility index (Phi) is 4.55. The van der Waals surface area contributed by atoms with E-state index in [-0.39, 0.29) is 0 Å². The molecule has 0 aliphatic heterocycles. The van der Waals surface area contributed by atoms with Gasteiger partial charge in [-0.3, -0.25) is 0 Å². The molecule has 0 bridgehead atoms. The van der Waals surface area contributed by atoms with Gasteiger partial charge >= 0.3 is 0 Å². The first-order chi connectivity index (χ1) is 7.37. The topological polar surface area (TPSA) is 20.2 Å². The van der Waals surface area contributed by atoms with Gasteiger partial charge in [0.2, 0.25) is 0 Å². The first-order valence-electron chi connectivity index (χ1n) is 6.17. The van der Waals surface area contributed by atoms with Crippen molar-refractivity contribution in [1.82, 2.24) is 0 Å². The minimum absolute atomic E-state index is 0.559. The summed E-state index contributed by atoms with van der Waals surface area (Å²) in [6, 6.07) is 8.78. The highest BCUT2D eigenvalue weighted by molar-refractivity contribution is 5.23. The van der Waals surface area contributed by atoms with Gasteiger partial charge in [0.05, 0.1) is 5.60 Å². The fraction of sp³-hybridized carbons (Fsp3) is 0.600. The highest BCUT2D eigenvalue weighted by Crippen LogP contribution is 2.15. The van der Waals surface area contributed by atoms with E-state index in [1.165, 1.54) is 11.1 Å². The van der Waals surface area contributed by atoms with Crippen LogP contribution in [0.4, 0.5) is 0 Å². The molecule has 0 saturated carbocycles. The molecular weight excluding hydrogens is 196 g/mol. The number of benzene rings is 1. The number of rotatable bonds is 5. The lowest BCUT2D eigenvalue weighted by atomic mass is 9.97. The lowest BCUT2D eigenvalue weighted by molar-refractivity contribution is 0.0714. The number of aryl methyl sites for hydroxylation is 1. The quantitative estimate of drug-likeness (QED) is 0.804. The Bertz CT molecular complexity index is 303. The molecule has 1 aromatic carbocycles. The highest BCUT2D eigenvalue weighted by Gasteiger charge is 2.11. The maximum absolute atomic E-state index is 9.65. The zero-order valence-electron chi connectivity index (χ0n) is 11.0. The molecular formula is C15H24O. The third-order valence-corrected chi connectivity index (χ3v) is 2.69. The molecule has 1 nitrogen and oxygen atoms in total. The monoisotopic (exact) mass is 220 g/mol. The van der Waals surface area contributed by atoms with Crippen molar-refractivity contribution in [3.63, 3.8) is 0 Å². The first kappa shape index (κ1) is 13.2. The van der Waals surface area contributed by atoms with Crippen molar-refractivity contribution >= 4 is 0 Å². The molecule has 1 rings (SSSR count). The SMILES string of the molecule is CC(C)Cc1ccc(CCC(C)(C)O)cc1. The molecule has 0 aliphatic carbocycles. The van der Waals surface area contributed by atoms with Gasteiger partial charge in [-0.15, -0.1) is 0 Å². The summed E-state index contributed by atoms with van der Waals surface area (Å²) in [5, 5.41) is 9.65. The van der Waals surface area contributed by atoms with Crippen LogP contribution in [0.5, 0.6) is 0 Å². The van der Waals surface area contributed by atoms with E-state index in [1.54, 1.807) is 0 Å². The minimum Gasteiger partial charge on any atom is -0.390 e. The average Bonchev–Trinajstić information content (AvgIpc) is 2.14. The Hall–Kier alpha value is -0.820. The van der Waals surface area contributed by atoms with Crippen molar-refractivity contribution in [3.05, 3.63) is 35.4 Å². The van der Waals surface area contributed by atoms with Crippen molar-refractivity contribution in [2.45, 2.75) is 52.6 Å². The smallest absolute Gasteiger partial charge is 0.0594 e. The van der Waals surface area contributed by atoms with Crippen molar-refractivity contribution < 1.29 is 5.11 Å². The summed E-state index contributed by atoms with van der Waals surface area (Å²) in [7, 11) is 0. The van der Waals surface area contributed by atoms with Crippen molar-refractivity contribution in [3.8, 4) is 0 Å². The molecule has 0 radical (unpaired) electrons. The second-order valence-corrected chi connectivity index (χ2v) is 5.73. The summed E-state index contributed by atoms with van der Waals surface area (Å²) in [4.78, 5) is 0. The van der Waals surface area contributed by atoms with Gasteiger partial charge in [-0.2, -0.15) is 0 Å². The second-order valence-electron chi connectivity index (χ2n) is 5.73. The summed E-state index contributed by atoms with van der Waals surface area (Å²) < 4.78 is 0. The largest absolute Gasteiger partial charge is 0.390 e. The molecule has 0 fully saturated rings. The maximum atomic E-state index is 9.65. The molecule has 1 N–H and O–H groups in total. The standard InChI is InChI=1S/C15H24O/c1-12(2)11-14-7-5-13(6-8-14)9-10-15(3,4)16/h5-8,12,16H,9-11H2,1-4H3. The van der Waals surface area contributed by atoms with E-state index in [0.29, 0.717) is 5.92 Å². The molecule has 0 amide bonds. The van der Waals surface area contributed by atoms with Crippen LogP contribution < -0.4 is 0 Å². The molecule has 1 aromatic rings. The van der Waals surface area contributed by atoms with Gasteiger partial charge in [0.15, 0.2) is 0 Å². The van der Waals surface area contributed by atoms with Crippen LogP contribution in [0.2, 0.25) is 0 Å². The van der Waals surface area contributed by atoms with Crippen LogP contribution in [-0.2, 0) is 12.8 Å². The summed E-state index contributed by atoms with van der Waals surface area (Å²) in [6.07, 6.45) is 2.91. The normalized spacial score (nSPS) is 12.1. The lowest BCUT2D eigenvalue weighted by Gasteiger charge is -2.16. The summed E-state index contributed by atoms with van der Waals surface area (Å²) in [5.74, 6) is 0.710. The van der Waals surface area contributed by atoms with Crippen LogP contribution in [-0.4, -0.2) is 10.7 Å². The van der Waals surface area contributed by atoms with Crippen molar-refractivity contribution in [2.75, 3.05) is 0 Å². The maximum Gasteiger partial charge on any atom is 0.0594 e. The molecule has 0 spiro atoms. The van der Waals surface area contributed by atoms with Crippen LogP contribution >= 0.6 is 0 Å². The van der Waals surface area contributed by atoms with Crippen LogP contribution in [0.1, 0.15) is 45.2 Å². The van der Waals surface area contributed by atoms with Crippen LogP contribution in [0, 0.1) is 5.92 Å². The van der Waals surface area contributed by atoms with E-state index in [4.69, 9.17) is 0 Å². The highest BCUT2D eigenvalue weighted by atomic mass is 16.3. The minimum atomic E-state index is -0.559. The van der Waals surface area contributed by atoms with Gasteiger partial charge in [-0.05, 0) is 50.2 Å². The zero-order valence-corrected chi connectivity index (χ0v) is 11.0. The van der Waals surface area contributed by atoms with Gasteiger partial charge in [0.25, 0.3) is 0 Å². The molecule has 0 unspecified atom stereocenters. The van der Waals surface area contributed by atoms with Gasteiger partial charge in [0, 0.05) is 0 Å². The van der Waals surface area contributed by atoms with E-state index in [9.17, 15) is 5.11 Å². The summed E-state index contributed by atoms with van der Waals surface area (Å²) in [6.45, 7) is 8.20. The van der Waals surface area contributed by atoms with E-state index in [1.807, 2.05) is 13.8 Å². The van der Waals surface area contributed by atoms with Gasteiger partial charge < -0.3 is 5.11 Å². The third-order valence-electron chi connectivity index (χ3n) is 2.69. The van der Waals surface area contributed by atoms with E-state index in [0.717, 1.165) is 19.3 Å². The van der Waals surface area contributed by atoms with Crippen LogP contribution in [0.25, 0.3) is 0 Å². The molecule has 0 saturated heterocycles. The predicted molar refractivity (Wildman–Crippen MR) is 69.6 cm³/mol. The average molecular weight is 220 g/mol. The molecule has 0 aliphatic rings. The molecule has 90 valence electrons. The third kappa shape index (κ3) is 5.32. The van der Waals surface area contributed by atoms with Gasteiger partial charge in [-0.1, -0.05) is 38.1 Å². The van der Waals surface area contributed by atoms with Gasteiger partial charge in [-0.25, -0.2) is 0 Å². The second kappa shape index (κ2) is 5.49. The Labute approximate surface area is 99.5 Å². The summed E-state index contributed by atoms with van der Waals surface area (Å²) >= 11 is 0. The molecule has 16 heavy (non-hydrogen) atoms. The number of hydrogen-bond acceptors (Lipinski definition) is 1.